The first-order chi connectivity index (χ1) is 9.36. The van der Waals surface area contributed by atoms with Gasteiger partial charge in [-0.05, 0) is 24.5 Å². The molecule has 3 heteroatoms. The fraction of sp³-hybridized carbons (Fsp3) is 0.625. The van der Waals surface area contributed by atoms with Crippen LogP contribution in [0.5, 0.6) is 0 Å². The van der Waals surface area contributed by atoms with Gasteiger partial charge in [0.15, 0.2) is 0 Å². The summed E-state index contributed by atoms with van der Waals surface area (Å²) in [5.41, 5.74) is 1.22. The molecule has 1 saturated carbocycles. The Balaban J connectivity index is 1.58. The molecule has 1 aromatic rings. The maximum atomic E-state index is 5.73. The summed E-state index contributed by atoms with van der Waals surface area (Å²) < 4.78 is 6.86. The number of nitrogens with one attached hydrogen (secondary N) is 1. The number of ether oxygens (including phenoxy) is 1. The molecule has 0 bridgehead atoms. The van der Waals surface area contributed by atoms with Crippen LogP contribution in [0, 0.1) is 0 Å². The van der Waals surface area contributed by atoms with Crippen molar-refractivity contribution in [3.63, 3.8) is 0 Å². The predicted molar refractivity (Wildman–Crippen MR) is 83.3 cm³/mol. The number of halogens is 1. The van der Waals surface area contributed by atoms with Gasteiger partial charge in [0.1, 0.15) is 0 Å². The first-order valence-corrected chi connectivity index (χ1v) is 8.20. The Morgan fingerprint density at radius 2 is 1.84 bits per heavy atom. The highest BCUT2D eigenvalue weighted by Gasteiger charge is 2.10. The van der Waals surface area contributed by atoms with E-state index >= 15 is 0 Å². The number of hydrogen-bond donors (Lipinski definition) is 1. The monoisotopic (exact) mass is 325 g/mol. The summed E-state index contributed by atoms with van der Waals surface area (Å²) in [6, 6.07) is 8.95. The molecule has 0 aromatic heterocycles. The third-order valence-electron chi connectivity index (χ3n) is 3.75. The van der Waals surface area contributed by atoms with Gasteiger partial charge >= 0.3 is 0 Å². The summed E-state index contributed by atoms with van der Waals surface area (Å²) in [7, 11) is 0. The highest BCUT2D eigenvalue weighted by molar-refractivity contribution is 9.10. The Hall–Kier alpha value is -0.380. The zero-order chi connectivity index (χ0) is 13.3. The molecule has 0 radical (unpaired) electrons. The molecule has 1 fully saturated rings. The van der Waals surface area contributed by atoms with Gasteiger partial charge in [-0.25, -0.2) is 0 Å². The van der Waals surface area contributed by atoms with Crippen LogP contribution in [-0.2, 0) is 11.3 Å². The SMILES string of the molecule is Brc1ccccc1COCCNC1CCCCCC1. The van der Waals surface area contributed by atoms with Crippen molar-refractivity contribution in [1.82, 2.24) is 5.32 Å². The van der Waals surface area contributed by atoms with Crippen LogP contribution >= 0.6 is 15.9 Å². The minimum Gasteiger partial charge on any atom is -0.375 e. The zero-order valence-corrected chi connectivity index (χ0v) is 13.1. The van der Waals surface area contributed by atoms with Crippen LogP contribution in [0.15, 0.2) is 28.7 Å². The lowest BCUT2D eigenvalue weighted by atomic mass is 10.1. The second-order valence-electron chi connectivity index (χ2n) is 5.29. The van der Waals surface area contributed by atoms with Gasteiger partial charge in [0.05, 0.1) is 13.2 Å². The van der Waals surface area contributed by atoms with E-state index in [0.29, 0.717) is 6.61 Å². The van der Waals surface area contributed by atoms with Gasteiger partial charge in [0.25, 0.3) is 0 Å². The smallest absolute Gasteiger partial charge is 0.0728 e. The quantitative estimate of drug-likeness (QED) is 0.622. The largest absolute Gasteiger partial charge is 0.375 e. The Morgan fingerprint density at radius 3 is 2.58 bits per heavy atom. The first-order valence-electron chi connectivity index (χ1n) is 7.41. The fourth-order valence-corrected chi connectivity index (χ4v) is 3.02. The Labute approximate surface area is 125 Å². The van der Waals surface area contributed by atoms with Gasteiger partial charge in [-0.2, -0.15) is 0 Å². The Bertz CT molecular complexity index is 362. The summed E-state index contributed by atoms with van der Waals surface area (Å²) in [5.74, 6) is 0. The second-order valence-corrected chi connectivity index (χ2v) is 6.14. The molecule has 1 aliphatic rings. The van der Waals surface area contributed by atoms with E-state index in [-0.39, 0.29) is 0 Å². The van der Waals surface area contributed by atoms with Crippen molar-refractivity contribution >= 4 is 15.9 Å². The van der Waals surface area contributed by atoms with Crippen LogP contribution in [0.1, 0.15) is 44.1 Å². The van der Waals surface area contributed by atoms with Crippen LogP contribution in [-0.4, -0.2) is 19.2 Å². The van der Waals surface area contributed by atoms with E-state index in [4.69, 9.17) is 4.74 Å². The molecular weight excluding hydrogens is 302 g/mol. The lowest BCUT2D eigenvalue weighted by molar-refractivity contribution is 0.119. The van der Waals surface area contributed by atoms with Crippen molar-refractivity contribution in [2.75, 3.05) is 13.2 Å². The number of hydrogen-bond acceptors (Lipinski definition) is 2. The average Bonchev–Trinajstić information content (AvgIpc) is 2.69. The Kier molecular flexibility index (Phi) is 6.90. The molecule has 0 atom stereocenters. The topological polar surface area (TPSA) is 21.3 Å². The molecule has 0 heterocycles. The van der Waals surface area contributed by atoms with Crippen molar-refractivity contribution in [2.24, 2.45) is 0 Å². The maximum absolute atomic E-state index is 5.73. The normalized spacial score (nSPS) is 17.3. The van der Waals surface area contributed by atoms with E-state index in [9.17, 15) is 0 Å². The standard InChI is InChI=1S/C16H24BrNO/c17-16-10-6-5-7-14(16)13-19-12-11-18-15-8-3-1-2-4-9-15/h5-7,10,15,18H,1-4,8-9,11-13H2. The summed E-state index contributed by atoms with van der Waals surface area (Å²) in [6.07, 6.45) is 8.27. The van der Waals surface area contributed by atoms with Crippen LogP contribution < -0.4 is 5.32 Å². The third-order valence-corrected chi connectivity index (χ3v) is 4.52. The molecule has 0 unspecified atom stereocenters. The Morgan fingerprint density at radius 1 is 1.11 bits per heavy atom. The second kappa shape index (κ2) is 8.72. The number of rotatable bonds is 6. The van der Waals surface area contributed by atoms with Crippen molar-refractivity contribution < 1.29 is 4.74 Å². The summed E-state index contributed by atoms with van der Waals surface area (Å²) >= 11 is 3.54. The van der Waals surface area contributed by atoms with Crippen molar-refractivity contribution in [3.8, 4) is 0 Å². The van der Waals surface area contributed by atoms with E-state index in [0.717, 1.165) is 23.7 Å². The average molecular weight is 326 g/mol. The molecule has 2 rings (SSSR count). The van der Waals surface area contributed by atoms with E-state index in [1.165, 1.54) is 44.1 Å². The third kappa shape index (κ3) is 5.64. The van der Waals surface area contributed by atoms with Gasteiger partial charge < -0.3 is 10.1 Å². The summed E-state index contributed by atoms with van der Waals surface area (Å²) in [6.45, 7) is 2.45. The van der Waals surface area contributed by atoms with Crippen LogP contribution in [0.25, 0.3) is 0 Å². The molecule has 0 aliphatic heterocycles. The van der Waals surface area contributed by atoms with Crippen molar-refractivity contribution in [3.05, 3.63) is 34.3 Å². The zero-order valence-electron chi connectivity index (χ0n) is 11.5. The minimum atomic E-state index is 0.688. The van der Waals surface area contributed by atoms with Crippen molar-refractivity contribution in [2.45, 2.75) is 51.2 Å². The van der Waals surface area contributed by atoms with Crippen molar-refractivity contribution in [1.29, 1.82) is 0 Å². The minimum absolute atomic E-state index is 0.688. The highest BCUT2D eigenvalue weighted by Crippen LogP contribution is 2.17. The van der Waals surface area contributed by atoms with Crippen LogP contribution in [0.2, 0.25) is 0 Å². The molecule has 1 aromatic carbocycles. The lowest BCUT2D eigenvalue weighted by Gasteiger charge is -2.16. The summed E-state index contributed by atoms with van der Waals surface area (Å²) in [4.78, 5) is 0. The van der Waals surface area contributed by atoms with Gasteiger partial charge in [0, 0.05) is 17.1 Å². The molecule has 1 aliphatic carbocycles. The van der Waals surface area contributed by atoms with Crippen LogP contribution in [0.4, 0.5) is 0 Å². The molecule has 0 saturated heterocycles. The van der Waals surface area contributed by atoms with Gasteiger partial charge in [-0.3, -0.25) is 0 Å². The fourth-order valence-electron chi connectivity index (χ4n) is 2.62. The molecule has 19 heavy (non-hydrogen) atoms. The predicted octanol–water partition coefficient (Wildman–Crippen LogP) is 4.28. The molecular formula is C16H24BrNO. The van der Waals surface area contributed by atoms with Gasteiger partial charge in [-0.15, -0.1) is 0 Å². The van der Waals surface area contributed by atoms with E-state index in [1.807, 2.05) is 12.1 Å². The molecule has 0 amide bonds. The van der Waals surface area contributed by atoms with Crippen LogP contribution in [0.3, 0.4) is 0 Å². The maximum Gasteiger partial charge on any atom is 0.0728 e. The molecule has 0 spiro atoms. The summed E-state index contributed by atoms with van der Waals surface area (Å²) in [5, 5.41) is 3.63. The van der Waals surface area contributed by atoms with Gasteiger partial charge in [0.2, 0.25) is 0 Å². The first kappa shape index (κ1) is 15.0. The highest BCUT2D eigenvalue weighted by atomic mass is 79.9. The molecule has 106 valence electrons. The van der Waals surface area contributed by atoms with Gasteiger partial charge in [-0.1, -0.05) is 59.8 Å². The van der Waals surface area contributed by atoms with E-state index in [1.54, 1.807) is 0 Å². The van der Waals surface area contributed by atoms with E-state index in [2.05, 4.69) is 33.4 Å². The molecule has 1 N–H and O–H groups in total. The number of benzene rings is 1. The van der Waals surface area contributed by atoms with E-state index < -0.39 is 0 Å². The molecule has 2 nitrogen and oxygen atoms in total. The lowest BCUT2D eigenvalue weighted by Crippen LogP contribution is -2.31.